The maximum Gasteiger partial charge on any atom is 0.416 e. The summed E-state index contributed by atoms with van der Waals surface area (Å²) in [7, 11) is 0. The molecule has 1 amide bonds. The Morgan fingerprint density at radius 2 is 1.27 bits per heavy atom. The first-order valence-electron chi connectivity index (χ1n) is 6.53. The van der Waals surface area contributed by atoms with Crippen molar-refractivity contribution in [1.82, 2.24) is 0 Å². The molecule has 2 rings (SSSR count). The van der Waals surface area contributed by atoms with Crippen molar-refractivity contribution in [2.45, 2.75) is 6.18 Å². The van der Waals surface area contributed by atoms with Crippen molar-refractivity contribution in [2.75, 3.05) is 5.32 Å². The molecular formula is C15H6F7NO3. The zero-order chi connectivity index (χ0) is 19.8. The fourth-order valence-corrected chi connectivity index (χ4v) is 1.98. The van der Waals surface area contributed by atoms with Crippen molar-refractivity contribution in [3.05, 3.63) is 64.2 Å². The SMILES string of the molecule is O=C(O)c1c(F)c(F)c(F)c(F)c1C(=O)Nc1ccc(C(F)(F)F)cc1. The van der Waals surface area contributed by atoms with E-state index in [0.717, 1.165) is 12.1 Å². The van der Waals surface area contributed by atoms with Crippen LogP contribution in [0, 0.1) is 23.3 Å². The van der Waals surface area contributed by atoms with Gasteiger partial charge in [0.2, 0.25) is 0 Å². The number of carbonyl (C=O) groups excluding carboxylic acids is 1. The van der Waals surface area contributed by atoms with Gasteiger partial charge in [-0.15, -0.1) is 0 Å². The van der Waals surface area contributed by atoms with Crippen LogP contribution in [0.4, 0.5) is 36.4 Å². The van der Waals surface area contributed by atoms with Crippen molar-refractivity contribution in [3.63, 3.8) is 0 Å². The molecular weight excluding hydrogens is 375 g/mol. The minimum Gasteiger partial charge on any atom is -0.478 e. The smallest absolute Gasteiger partial charge is 0.416 e. The molecule has 26 heavy (non-hydrogen) atoms. The summed E-state index contributed by atoms with van der Waals surface area (Å²) in [5.41, 5.74) is -4.84. The summed E-state index contributed by atoms with van der Waals surface area (Å²) in [6.45, 7) is 0. The van der Waals surface area contributed by atoms with Gasteiger partial charge in [0.05, 0.1) is 11.1 Å². The van der Waals surface area contributed by atoms with Gasteiger partial charge in [-0.05, 0) is 24.3 Å². The molecule has 0 atom stereocenters. The van der Waals surface area contributed by atoms with Crippen LogP contribution in [0.5, 0.6) is 0 Å². The molecule has 0 unspecified atom stereocenters. The Morgan fingerprint density at radius 3 is 1.69 bits per heavy atom. The van der Waals surface area contributed by atoms with E-state index in [1.54, 1.807) is 5.32 Å². The van der Waals surface area contributed by atoms with Gasteiger partial charge in [0.25, 0.3) is 5.91 Å². The highest BCUT2D eigenvalue weighted by atomic mass is 19.4. The van der Waals surface area contributed by atoms with Gasteiger partial charge < -0.3 is 10.4 Å². The Morgan fingerprint density at radius 1 is 0.808 bits per heavy atom. The number of hydrogen-bond acceptors (Lipinski definition) is 2. The number of rotatable bonds is 3. The molecule has 0 radical (unpaired) electrons. The highest BCUT2D eigenvalue weighted by Crippen LogP contribution is 2.30. The summed E-state index contributed by atoms with van der Waals surface area (Å²) in [6, 6.07) is 2.59. The minimum absolute atomic E-state index is 0.358. The maximum atomic E-state index is 13.8. The fraction of sp³-hybridized carbons (Fsp3) is 0.0667. The van der Waals surface area contributed by atoms with Crippen LogP contribution in [0.2, 0.25) is 0 Å². The number of anilines is 1. The summed E-state index contributed by atoms with van der Waals surface area (Å²) < 4.78 is 91.1. The van der Waals surface area contributed by atoms with E-state index in [0.29, 0.717) is 12.1 Å². The number of hydrogen-bond donors (Lipinski definition) is 2. The standard InChI is InChI=1S/C15H6F7NO3/c16-9-7(8(14(25)26)10(17)12(19)11(9)18)13(24)23-6-3-1-5(2-4-6)15(20,21)22/h1-4H,(H,23,24)(H,25,26). The molecule has 0 fully saturated rings. The van der Waals surface area contributed by atoms with E-state index >= 15 is 0 Å². The lowest BCUT2D eigenvalue weighted by Crippen LogP contribution is -2.22. The average molecular weight is 381 g/mol. The Bertz CT molecular complexity index is 892. The first-order valence-corrected chi connectivity index (χ1v) is 6.53. The molecule has 0 aromatic heterocycles. The van der Waals surface area contributed by atoms with Gasteiger partial charge in [-0.1, -0.05) is 0 Å². The molecule has 2 aromatic carbocycles. The number of carboxylic acid groups (broad SMARTS) is 1. The Hall–Kier alpha value is -3.11. The molecule has 0 heterocycles. The van der Waals surface area contributed by atoms with Crippen molar-refractivity contribution in [1.29, 1.82) is 0 Å². The molecule has 2 aromatic rings. The van der Waals surface area contributed by atoms with Crippen molar-refractivity contribution < 1.29 is 45.4 Å². The van der Waals surface area contributed by atoms with E-state index in [-0.39, 0.29) is 5.69 Å². The topological polar surface area (TPSA) is 66.4 Å². The molecule has 0 saturated heterocycles. The second kappa shape index (κ2) is 6.65. The monoisotopic (exact) mass is 381 g/mol. The normalized spacial score (nSPS) is 11.3. The zero-order valence-corrected chi connectivity index (χ0v) is 12.2. The molecule has 0 aliphatic carbocycles. The number of benzene rings is 2. The van der Waals surface area contributed by atoms with E-state index in [1.807, 2.05) is 0 Å². The quantitative estimate of drug-likeness (QED) is 0.476. The lowest BCUT2D eigenvalue weighted by atomic mass is 10.0. The van der Waals surface area contributed by atoms with Crippen molar-refractivity contribution in [2.24, 2.45) is 0 Å². The first kappa shape index (κ1) is 19.2. The molecule has 0 bridgehead atoms. The molecule has 0 aliphatic heterocycles. The fourth-order valence-electron chi connectivity index (χ4n) is 1.98. The van der Waals surface area contributed by atoms with Gasteiger partial charge >= 0.3 is 12.1 Å². The molecule has 2 N–H and O–H groups in total. The number of alkyl halides is 3. The van der Waals surface area contributed by atoms with E-state index in [1.165, 1.54) is 0 Å². The predicted molar refractivity (Wildman–Crippen MR) is 72.6 cm³/mol. The summed E-state index contributed by atoms with van der Waals surface area (Å²) in [5.74, 6) is -13.3. The van der Waals surface area contributed by atoms with E-state index < -0.39 is 58.0 Å². The second-order valence-electron chi connectivity index (χ2n) is 4.84. The van der Waals surface area contributed by atoms with E-state index in [9.17, 15) is 40.3 Å². The van der Waals surface area contributed by atoms with Crippen LogP contribution in [0.1, 0.15) is 26.3 Å². The summed E-state index contributed by atoms with van der Waals surface area (Å²) in [5, 5.41) is 10.6. The average Bonchev–Trinajstić information content (AvgIpc) is 2.55. The van der Waals surface area contributed by atoms with E-state index in [4.69, 9.17) is 5.11 Å². The molecule has 0 saturated carbocycles. The lowest BCUT2D eigenvalue weighted by molar-refractivity contribution is -0.137. The van der Waals surface area contributed by atoms with Gasteiger partial charge in [0, 0.05) is 5.69 Å². The number of nitrogens with one attached hydrogen (secondary N) is 1. The summed E-state index contributed by atoms with van der Waals surface area (Å²) >= 11 is 0. The number of carboxylic acids is 1. The molecule has 0 spiro atoms. The predicted octanol–water partition coefficient (Wildman–Crippen LogP) is 4.21. The highest BCUT2D eigenvalue weighted by molar-refractivity contribution is 6.11. The van der Waals surface area contributed by atoms with Gasteiger partial charge in [-0.25, -0.2) is 22.4 Å². The number of amides is 1. The van der Waals surface area contributed by atoms with Crippen LogP contribution in [0.3, 0.4) is 0 Å². The molecule has 138 valence electrons. The third-order valence-corrected chi connectivity index (χ3v) is 3.18. The van der Waals surface area contributed by atoms with Crippen LogP contribution in [-0.4, -0.2) is 17.0 Å². The number of halogens is 7. The minimum atomic E-state index is -4.67. The zero-order valence-electron chi connectivity index (χ0n) is 12.2. The van der Waals surface area contributed by atoms with Gasteiger partial charge in [0.15, 0.2) is 23.3 Å². The Balaban J connectivity index is 2.46. The highest BCUT2D eigenvalue weighted by Gasteiger charge is 2.33. The van der Waals surface area contributed by atoms with Gasteiger partial charge in [-0.2, -0.15) is 13.2 Å². The Kier molecular flexibility index (Phi) is 4.92. The van der Waals surface area contributed by atoms with Crippen molar-refractivity contribution >= 4 is 17.6 Å². The lowest BCUT2D eigenvalue weighted by Gasteiger charge is -2.12. The summed E-state index contributed by atoms with van der Waals surface area (Å²) in [6.07, 6.45) is -4.67. The molecule has 4 nitrogen and oxygen atoms in total. The van der Waals surface area contributed by atoms with Crippen LogP contribution in [0.15, 0.2) is 24.3 Å². The van der Waals surface area contributed by atoms with Crippen molar-refractivity contribution in [3.8, 4) is 0 Å². The second-order valence-corrected chi connectivity index (χ2v) is 4.84. The summed E-state index contributed by atoms with van der Waals surface area (Å²) in [4.78, 5) is 22.9. The van der Waals surface area contributed by atoms with Crippen LogP contribution >= 0.6 is 0 Å². The Labute approximate surface area is 139 Å². The molecule has 0 aliphatic rings. The number of aromatic carboxylic acids is 1. The largest absolute Gasteiger partial charge is 0.478 e. The van der Waals surface area contributed by atoms with Crippen LogP contribution < -0.4 is 5.32 Å². The van der Waals surface area contributed by atoms with Gasteiger partial charge in [0.1, 0.15) is 5.56 Å². The third-order valence-electron chi connectivity index (χ3n) is 3.18. The van der Waals surface area contributed by atoms with Crippen LogP contribution in [-0.2, 0) is 6.18 Å². The maximum absolute atomic E-state index is 13.8. The first-order chi connectivity index (χ1) is 11.9. The van der Waals surface area contributed by atoms with E-state index in [2.05, 4.69) is 0 Å². The van der Waals surface area contributed by atoms with Gasteiger partial charge in [-0.3, -0.25) is 4.79 Å². The third kappa shape index (κ3) is 3.46. The molecule has 11 heteroatoms. The van der Waals surface area contributed by atoms with Crippen LogP contribution in [0.25, 0.3) is 0 Å². The number of carbonyl (C=O) groups is 2.